The quantitative estimate of drug-likeness (QED) is 0.657. The maximum Gasteiger partial charge on any atom is 0.434 e. The van der Waals surface area contributed by atoms with E-state index in [0.29, 0.717) is 13.1 Å². The number of benzene rings is 1. The van der Waals surface area contributed by atoms with Gasteiger partial charge in [-0.25, -0.2) is 10.3 Å². The number of para-hydroxylation sites is 2. The van der Waals surface area contributed by atoms with Gasteiger partial charge in [0.25, 0.3) is 5.69 Å². The number of nitro benzene ring substituents is 1. The molecule has 0 atom stereocenters. The van der Waals surface area contributed by atoms with Gasteiger partial charge < -0.3 is 9.74 Å². The van der Waals surface area contributed by atoms with E-state index in [9.17, 15) is 14.9 Å². The highest BCUT2D eigenvalue weighted by Gasteiger charge is 2.20. The molecule has 1 heterocycles. The van der Waals surface area contributed by atoms with Crippen LogP contribution in [0.4, 0.5) is 16.2 Å². The lowest BCUT2D eigenvalue weighted by Gasteiger charge is -2.15. The number of anilines is 1. The van der Waals surface area contributed by atoms with Crippen molar-refractivity contribution in [3.63, 3.8) is 0 Å². The first-order valence-corrected chi connectivity index (χ1v) is 5.63. The van der Waals surface area contributed by atoms with Crippen LogP contribution in [0.25, 0.3) is 0 Å². The Labute approximate surface area is 103 Å². The molecular formula is C11H13N3O4. The van der Waals surface area contributed by atoms with Crippen LogP contribution >= 0.6 is 0 Å². The Morgan fingerprint density at radius 1 is 1.33 bits per heavy atom. The zero-order valence-electron chi connectivity index (χ0n) is 9.67. The van der Waals surface area contributed by atoms with Crippen LogP contribution in [0.15, 0.2) is 24.3 Å². The van der Waals surface area contributed by atoms with Gasteiger partial charge in [-0.15, -0.1) is 0 Å². The summed E-state index contributed by atoms with van der Waals surface area (Å²) < 4.78 is 0. The lowest BCUT2D eigenvalue weighted by atomic mass is 10.3. The number of amides is 1. The molecule has 1 aliphatic rings. The van der Waals surface area contributed by atoms with Crippen LogP contribution in [-0.2, 0) is 4.84 Å². The molecule has 1 fully saturated rings. The van der Waals surface area contributed by atoms with Crippen molar-refractivity contribution in [2.75, 3.05) is 18.6 Å². The van der Waals surface area contributed by atoms with Gasteiger partial charge in [-0.3, -0.25) is 10.1 Å². The summed E-state index contributed by atoms with van der Waals surface area (Å²) in [6, 6.07) is 5.99. The van der Waals surface area contributed by atoms with Crippen molar-refractivity contribution in [1.29, 1.82) is 0 Å². The van der Waals surface area contributed by atoms with E-state index in [0.717, 1.165) is 12.8 Å². The summed E-state index contributed by atoms with van der Waals surface area (Å²) in [6.07, 6.45) is 1.41. The molecule has 18 heavy (non-hydrogen) atoms. The van der Waals surface area contributed by atoms with Crippen molar-refractivity contribution >= 4 is 17.5 Å². The van der Waals surface area contributed by atoms with Crippen LogP contribution in [0.1, 0.15) is 12.8 Å². The predicted octanol–water partition coefficient (Wildman–Crippen LogP) is 2.15. The normalized spacial score (nSPS) is 14.3. The van der Waals surface area contributed by atoms with E-state index >= 15 is 0 Å². The minimum atomic E-state index is -0.536. The monoisotopic (exact) mass is 251 g/mol. The second-order valence-electron chi connectivity index (χ2n) is 3.94. The predicted molar refractivity (Wildman–Crippen MR) is 64.0 cm³/mol. The molecule has 7 heteroatoms. The Morgan fingerprint density at radius 2 is 2.00 bits per heavy atom. The van der Waals surface area contributed by atoms with E-state index in [1.165, 1.54) is 12.1 Å². The molecule has 7 nitrogen and oxygen atoms in total. The maximum absolute atomic E-state index is 11.6. The Morgan fingerprint density at radius 3 is 2.67 bits per heavy atom. The second kappa shape index (κ2) is 5.35. The summed E-state index contributed by atoms with van der Waals surface area (Å²) in [7, 11) is 0. The average molecular weight is 251 g/mol. The molecule has 0 unspecified atom stereocenters. The number of nitrogens with zero attached hydrogens (tertiary/aromatic N) is 2. The van der Waals surface area contributed by atoms with Crippen molar-refractivity contribution in [1.82, 2.24) is 4.90 Å². The van der Waals surface area contributed by atoms with Gasteiger partial charge in [0.05, 0.1) is 4.92 Å². The fraction of sp³-hybridized carbons (Fsp3) is 0.364. The van der Waals surface area contributed by atoms with E-state index in [-0.39, 0.29) is 11.4 Å². The molecule has 1 N–H and O–H groups in total. The Balaban J connectivity index is 1.97. The van der Waals surface area contributed by atoms with Gasteiger partial charge in [-0.05, 0) is 18.9 Å². The van der Waals surface area contributed by atoms with Crippen LogP contribution in [0, 0.1) is 10.1 Å². The molecule has 0 radical (unpaired) electrons. The largest absolute Gasteiger partial charge is 0.434 e. The summed E-state index contributed by atoms with van der Waals surface area (Å²) in [4.78, 5) is 28.2. The maximum atomic E-state index is 11.6. The molecule has 2 rings (SSSR count). The summed E-state index contributed by atoms with van der Waals surface area (Å²) in [5, 5.41) is 10.7. The van der Waals surface area contributed by atoms with Crippen molar-refractivity contribution in [3.8, 4) is 0 Å². The number of carbonyl (C=O) groups is 1. The smallest absolute Gasteiger partial charge is 0.324 e. The third-order valence-corrected chi connectivity index (χ3v) is 2.71. The minimum absolute atomic E-state index is 0.133. The molecule has 0 spiro atoms. The molecule has 1 aromatic carbocycles. The van der Waals surface area contributed by atoms with Crippen molar-refractivity contribution in [2.24, 2.45) is 0 Å². The number of nitrogens with one attached hydrogen (secondary N) is 1. The van der Waals surface area contributed by atoms with Gasteiger partial charge in [0.15, 0.2) is 0 Å². The van der Waals surface area contributed by atoms with Crippen molar-refractivity contribution in [2.45, 2.75) is 12.8 Å². The summed E-state index contributed by atoms with van der Waals surface area (Å²) >= 11 is 0. The first-order valence-electron chi connectivity index (χ1n) is 5.63. The number of likely N-dealkylation sites (tertiary alicyclic amines) is 1. The van der Waals surface area contributed by atoms with Gasteiger partial charge in [-0.2, -0.15) is 0 Å². The van der Waals surface area contributed by atoms with Crippen LogP contribution in [-0.4, -0.2) is 29.0 Å². The number of rotatable bonds is 3. The van der Waals surface area contributed by atoms with Gasteiger partial charge in [0.2, 0.25) is 0 Å². The van der Waals surface area contributed by atoms with E-state index in [4.69, 9.17) is 4.84 Å². The molecule has 1 saturated heterocycles. The number of hydrogen-bond acceptors (Lipinski definition) is 5. The molecule has 0 bridgehead atoms. The van der Waals surface area contributed by atoms with Crippen LogP contribution in [0.3, 0.4) is 0 Å². The minimum Gasteiger partial charge on any atom is -0.324 e. The summed E-state index contributed by atoms with van der Waals surface area (Å²) in [6.45, 7) is 1.33. The zero-order chi connectivity index (χ0) is 13.0. The molecule has 0 aliphatic carbocycles. The van der Waals surface area contributed by atoms with Gasteiger partial charge in [-0.1, -0.05) is 12.1 Å². The number of nitro groups is 1. The van der Waals surface area contributed by atoms with Crippen LogP contribution in [0.2, 0.25) is 0 Å². The van der Waals surface area contributed by atoms with E-state index in [1.54, 1.807) is 17.0 Å². The van der Waals surface area contributed by atoms with Crippen molar-refractivity contribution < 1.29 is 14.6 Å². The van der Waals surface area contributed by atoms with Gasteiger partial charge >= 0.3 is 6.09 Å². The lowest BCUT2D eigenvalue weighted by Crippen LogP contribution is -2.30. The second-order valence-corrected chi connectivity index (χ2v) is 3.94. The third-order valence-electron chi connectivity index (χ3n) is 2.71. The molecule has 1 aromatic rings. The molecule has 0 saturated carbocycles. The fourth-order valence-corrected chi connectivity index (χ4v) is 1.78. The topological polar surface area (TPSA) is 84.7 Å². The van der Waals surface area contributed by atoms with Crippen LogP contribution in [0.5, 0.6) is 0 Å². The molecule has 1 amide bonds. The van der Waals surface area contributed by atoms with Gasteiger partial charge in [0.1, 0.15) is 5.69 Å². The zero-order valence-corrected chi connectivity index (χ0v) is 9.67. The third kappa shape index (κ3) is 2.68. The fourth-order valence-electron chi connectivity index (χ4n) is 1.78. The highest BCUT2D eigenvalue weighted by atomic mass is 16.7. The summed E-state index contributed by atoms with van der Waals surface area (Å²) in [5.41, 5.74) is 2.37. The highest BCUT2D eigenvalue weighted by Crippen LogP contribution is 2.23. The molecule has 96 valence electrons. The molecule has 0 aromatic heterocycles. The van der Waals surface area contributed by atoms with E-state index in [2.05, 4.69) is 5.48 Å². The number of hydrogen-bond donors (Lipinski definition) is 1. The first-order chi connectivity index (χ1) is 8.68. The van der Waals surface area contributed by atoms with Crippen molar-refractivity contribution in [3.05, 3.63) is 34.4 Å². The van der Waals surface area contributed by atoms with Gasteiger partial charge in [0, 0.05) is 19.2 Å². The van der Waals surface area contributed by atoms with Crippen LogP contribution < -0.4 is 5.48 Å². The highest BCUT2D eigenvalue weighted by molar-refractivity contribution is 5.70. The Kier molecular flexibility index (Phi) is 3.61. The lowest BCUT2D eigenvalue weighted by molar-refractivity contribution is -0.384. The van der Waals surface area contributed by atoms with E-state index < -0.39 is 11.0 Å². The average Bonchev–Trinajstić information content (AvgIpc) is 2.90. The Bertz CT molecular complexity index is 457. The standard InChI is InChI=1S/C11H13N3O4/c15-11(13-7-3-4-8-13)18-12-9-5-1-2-6-10(9)14(16)17/h1-2,5-6,12H,3-4,7-8H2. The molecular weight excluding hydrogens is 238 g/mol. The molecule has 1 aliphatic heterocycles. The SMILES string of the molecule is O=C(ONc1ccccc1[N+](=O)[O-])N1CCCC1. The Hall–Kier alpha value is -2.31. The first kappa shape index (κ1) is 12.2. The summed E-state index contributed by atoms with van der Waals surface area (Å²) in [5.74, 6) is 0. The number of carbonyl (C=O) groups excluding carboxylic acids is 1. The van der Waals surface area contributed by atoms with E-state index in [1.807, 2.05) is 0 Å².